The predicted octanol–water partition coefficient (Wildman–Crippen LogP) is 7.91. The first-order chi connectivity index (χ1) is 16.1. The molecule has 0 aliphatic rings. The molecule has 0 radical (unpaired) electrons. The molecule has 4 rings (SSSR count). The lowest BCUT2D eigenvalue weighted by atomic mass is 9.96. The molecule has 176 valence electrons. The summed E-state index contributed by atoms with van der Waals surface area (Å²) < 4.78 is 62.2. The SMILES string of the molecule is COc1cc(-c2cccc(F)c2)c(Cl)cc1-c1c(Br)cnc2cc(S(=O)(=O)OP(F)P)ccc12. The lowest BCUT2D eigenvalue weighted by molar-refractivity contribution is 0.416. The van der Waals surface area contributed by atoms with Gasteiger partial charge >= 0.3 is 10.1 Å². The van der Waals surface area contributed by atoms with E-state index in [1.54, 1.807) is 39.3 Å². The molecule has 0 amide bonds. The normalized spacial score (nSPS) is 12.6. The Hall–Kier alpha value is -1.73. The molecule has 0 N–H and O–H groups in total. The van der Waals surface area contributed by atoms with Gasteiger partial charge in [0, 0.05) is 37.8 Å². The summed E-state index contributed by atoms with van der Waals surface area (Å²) in [5.41, 5.74) is 2.77. The van der Waals surface area contributed by atoms with Crippen molar-refractivity contribution in [3.63, 3.8) is 0 Å². The highest BCUT2D eigenvalue weighted by Gasteiger charge is 2.22. The first kappa shape index (κ1) is 25.4. The molecular formula is C22H15BrClF2NO4P2S. The fraction of sp³-hybridized carbons (Fsp3) is 0.0455. The van der Waals surface area contributed by atoms with Crippen LogP contribution in [0, 0.1) is 5.82 Å². The Balaban J connectivity index is 1.91. The minimum Gasteiger partial charge on any atom is -0.496 e. The highest BCUT2D eigenvalue weighted by atomic mass is 79.9. The maximum atomic E-state index is 13.8. The van der Waals surface area contributed by atoms with Gasteiger partial charge in [0.2, 0.25) is 0 Å². The predicted molar refractivity (Wildman–Crippen MR) is 138 cm³/mol. The van der Waals surface area contributed by atoms with Crippen molar-refractivity contribution in [3.8, 4) is 28.0 Å². The van der Waals surface area contributed by atoms with Crippen molar-refractivity contribution in [1.29, 1.82) is 0 Å². The summed E-state index contributed by atoms with van der Waals surface area (Å²) in [5, 5.41) is 0.956. The Morgan fingerprint density at radius 1 is 1.12 bits per heavy atom. The van der Waals surface area contributed by atoms with Crippen molar-refractivity contribution < 1.29 is 25.7 Å². The molecule has 5 nitrogen and oxygen atoms in total. The molecule has 0 aliphatic carbocycles. The van der Waals surface area contributed by atoms with Gasteiger partial charge in [-0.25, -0.2) is 8.36 Å². The number of nitrogens with zero attached hydrogens (tertiary/aromatic N) is 1. The Morgan fingerprint density at radius 2 is 1.88 bits per heavy atom. The zero-order valence-electron chi connectivity index (χ0n) is 17.3. The quantitative estimate of drug-likeness (QED) is 0.209. The number of hydrogen-bond acceptors (Lipinski definition) is 5. The minimum atomic E-state index is -4.29. The number of ether oxygens (including phenoxy) is 1. The average Bonchev–Trinajstić information content (AvgIpc) is 2.77. The molecule has 1 aromatic heterocycles. The molecule has 0 saturated heterocycles. The summed E-state index contributed by atoms with van der Waals surface area (Å²) in [6, 6.07) is 13.6. The van der Waals surface area contributed by atoms with Crippen LogP contribution >= 0.6 is 44.6 Å². The lowest BCUT2D eigenvalue weighted by Gasteiger charge is -2.16. The Morgan fingerprint density at radius 3 is 2.56 bits per heavy atom. The van der Waals surface area contributed by atoms with Gasteiger partial charge < -0.3 is 4.74 Å². The molecule has 34 heavy (non-hydrogen) atoms. The molecule has 2 unspecified atom stereocenters. The van der Waals surface area contributed by atoms with Crippen LogP contribution in [0.25, 0.3) is 33.2 Å². The van der Waals surface area contributed by atoms with Crippen LogP contribution in [0.1, 0.15) is 0 Å². The van der Waals surface area contributed by atoms with Gasteiger partial charge in [0.25, 0.3) is 8.15 Å². The van der Waals surface area contributed by atoms with Crippen molar-refractivity contribution >= 4 is 65.6 Å². The van der Waals surface area contributed by atoms with Crippen LogP contribution in [-0.4, -0.2) is 20.5 Å². The third-order valence-electron chi connectivity index (χ3n) is 4.95. The topological polar surface area (TPSA) is 65.5 Å². The number of halogens is 4. The van der Waals surface area contributed by atoms with Crippen LogP contribution < -0.4 is 4.74 Å². The molecule has 0 saturated carbocycles. The third-order valence-corrected chi connectivity index (χ3v) is 8.82. The van der Waals surface area contributed by atoms with E-state index in [0.29, 0.717) is 48.4 Å². The van der Waals surface area contributed by atoms with Crippen molar-refractivity contribution in [3.05, 3.63) is 76.1 Å². The van der Waals surface area contributed by atoms with Gasteiger partial charge in [-0.1, -0.05) is 29.8 Å². The van der Waals surface area contributed by atoms with Crippen LogP contribution in [-0.2, 0) is 14.1 Å². The molecular weight excluding hydrogens is 590 g/mol. The van der Waals surface area contributed by atoms with E-state index in [1.807, 2.05) is 0 Å². The van der Waals surface area contributed by atoms with E-state index < -0.39 is 24.1 Å². The van der Waals surface area contributed by atoms with E-state index in [2.05, 4.69) is 24.9 Å². The molecule has 1 heterocycles. The smallest absolute Gasteiger partial charge is 0.302 e. The Labute approximate surface area is 211 Å². The summed E-state index contributed by atoms with van der Waals surface area (Å²) in [6.07, 6.45) is 1.51. The maximum Gasteiger partial charge on any atom is 0.302 e. The summed E-state index contributed by atoms with van der Waals surface area (Å²) in [6.45, 7) is 0. The fourth-order valence-corrected chi connectivity index (χ4v) is 6.92. The van der Waals surface area contributed by atoms with Crippen LogP contribution in [0.2, 0.25) is 5.02 Å². The zero-order valence-corrected chi connectivity index (χ0v) is 22.5. The van der Waals surface area contributed by atoms with Crippen LogP contribution in [0.3, 0.4) is 0 Å². The zero-order chi connectivity index (χ0) is 24.6. The number of pyridine rings is 1. The van der Waals surface area contributed by atoms with Crippen LogP contribution in [0.4, 0.5) is 8.59 Å². The van der Waals surface area contributed by atoms with E-state index in [-0.39, 0.29) is 4.90 Å². The second kappa shape index (κ2) is 10.1. The molecule has 3 aromatic carbocycles. The molecule has 12 heteroatoms. The molecule has 0 bridgehead atoms. The van der Waals surface area contributed by atoms with Gasteiger partial charge in [0.1, 0.15) is 11.6 Å². The maximum absolute atomic E-state index is 13.8. The third kappa shape index (κ3) is 5.11. The van der Waals surface area contributed by atoms with Crippen molar-refractivity contribution in [1.82, 2.24) is 4.98 Å². The molecule has 0 spiro atoms. The standard InChI is InChI=1S/C22H15BrClF2NO4P2S/c1-30-21-10-16(12-3-2-4-13(25)7-12)19(24)9-17(21)22-15-6-5-14(34(28,29)31-33(26)32)8-20(15)27-11-18(22)23/h2-11H,32H2,1H3. The molecule has 4 aromatic rings. The Bertz CT molecular complexity index is 1520. The monoisotopic (exact) mass is 603 g/mol. The van der Waals surface area contributed by atoms with Gasteiger partial charge in [-0.15, -0.1) is 0 Å². The molecule has 0 fully saturated rings. The van der Waals surface area contributed by atoms with E-state index >= 15 is 0 Å². The molecule has 2 atom stereocenters. The van der Waals surface area contributed by atoms with Gasteiger partial charge in [-0.05, 0) is 66.8 Å². The summed E-state index contributed by atoms with van der Waals surface area (Å²) in [4.78, 5) is 4.07. The van der Waals surface area contributed by atoms with Gasteiger partial charge in [-0.3, -0.25) is 4.98 Å². The van der Waals surface area contributed by atoms with Gasteiger partial charge in [0.15, 0.2) is 0 Å². The number of methoxy groups -OCH3 is 1. The van der Waals surface area contributed by atoms with Crippen LogP contribution in [0.5, 0.6) is 5.75 Å². The van der Waals surface area contributed by atoms with Gasteiger partial charge in [0.05, 0.1) is 17.5 Å². The summed E-state index contributed by atoms with van der Waals surface area (Å²) in [7, 11) is -3.80. The number of hydrogen-bond donors (Lipinski definition) is 0. The van der Waals surface area contributed by atoms with Crippen molar-refractivity contribution in [2.24, 2.45) is 0 Å². The van der Waals surface area contributed by atoms with Crippen LogP contribution in [0.15, 0.2) is 70.2 Å². The number of benzene rings is 3. The van der Waals surface area contributed by atoms with E-state index in [4.69, 9.17) is 16.3 Å². The fourth-order valence-electron chi connectivity index (χ4n) is 3.51. The summed E-state index contributed by atoms with van der Waals surface area (Å²) >= 11 is 10.1. The van der Waals surface area contributed by atoms with E-state index in [9.17, 15) is 17.0 Å². The average molecular weight is 605 g/mol. The largest absolute Gasteiger partial charge is 0.496 e. The second-order valence-corrected chi connectivity index (χ2v) is 12.0. The van der Waals surface area contributed by atoms with Crippen molar-refractivity contribution in [2.75, 3.05) is 7.11 Å². The van der Waals surface area contributed by atoms with E-state index in [1.165, 1.54) is 37.6 Å². The summed E-state index contributed by atoms with van der Waals surface area (Å²) in [5.74, 6) is 0.0687. The first-order valence-electron chi connectivity index (χ1n) is 9.48. The van der Waals surface area contributed by atoms with Crippen molar-refractivity contribution in [2.45, 2.75) is 4.90 Å². The lowest BCUT2D eigenvalue weighted by Crippen LogP contribution is -2.01. The minimum absolute atomic E-state index is 0.222. The Kier molecular flexibility index (Phi) is 7.53. The molecule has 0 aliphatic heterocycles. The second-order valence-electron chi connectivity index (χ2n) is 7.00. The van der Waals surface area contributed by atoms with Gasteiger partial charge in [-0.2, -0.15) is 12.6 Å². The highest BCUT2D eigenvalue weighted by molar-refractivity contribution is 9.10. The number of fused-ring (bicyclic) bond motifs is 1. The highest BCUT2D eigenvalue weighted by Crippen LogP contribution is 2.50. The first-order valence-corrected chi connectivity index (χ1v) is 14.8. The van der Waals surface area contributed by atoms with E-state index in [0.717, 1.165) is 0 Å². The number of rotatable bonds is 6. The number of aromatic nitrogens is 1.